The Bertz CT molecular complexity index is 1280. The van der Waals surface area contributed by atoms with Crippen LogP contribution in [-0.2, 0) is 4.79 Å². The normalized spacial score (nSPS) is 14.2. The van der Waals surface area contributed by atoms with E-state index < -0.39 is 0 Å². The molecule has 0 unspecified atom stereocenters. The van der Waals surface area contributed by atoms with E-state index in [0.717, 1.165) is 34.9 Å². The molecule has 0 saturated heterocycles. The highest BCUT2D eigenvalue weighted by Crippen LogP contribution is 2.36. The van der Waals surface area contributed by atoms with E-state index in [1.54, 1.807) is 6.20 Å². The monoisotopic (exact) mass is 446 g/mol. The van der Waals surface area contributed by atoms with Gasteiger partial charge in [0.2, 0.25) is 5.91 Å². The summed E-state index contributed by atoms with van der Waals surface area (Å²) in [6, 6.07) is 13.5. The molecule has 1 fully saturated rings. The Kier molecular flexibility index (Phi) is 5.49. The fourth-order valence-electron chi connectivity index (χ4n) is 4.35. The quantitative estimate of drug-likeness (QED) is 0.378. The highest BCUT2D eigenvalue weighted by atomic mass is 35.5. The Labute approximate surface area is 190 Å². The van der Waals surface area contributed by atoms with Gasteiger partial charge in [-0.1, -0.05) is 54.8 Å². The zero-order valence-electron chi connectivity index (χ0n) is 17.4. The molecule has 162 valence electrons. The lowest BCUT2D eigenvalue weighted by Gasteiger charge is -2.15. The molecule has 1 aliphatic rings. The van der Waals surface area contributed by atoms with Crippen molar-refractivity contribution >= 4 is 40.0 Å². The van der Waals surface area contributed by atoms with E-state index in [2.05, 4.69) is 20.5 Å². The van der Waals surface area contributed by atoms with Crippen LogP contribution in [0.2, 0.25) is 5.02 Å². The first-order valence-corrected chi connectivity index (χ1v) is 11.1. The van der Waals surface area contributed by atoms with Gasteiger partial charge in [-0.05, 0) is 30.9 Å². The maximum absolute atomic E-state index is 12.6. The van der Waals surface area contributed by atoms with Gasteiger partial charge in [-0.25, -0.2) is 9.97 Å². The van der Waals surface area contributed by atoms with Crippen LogP contribution in [0, 0.1) is 5.92 Å². The van der Waals surface area contributed by atoms with Crippen LogP contribution in [0.15, 0.2) is 48.7 Å². The SMILES string of the molecule is Nc1nc(-c2ccccc2)c(-c2cc(Cl)c3[nH]ncc3c2)nc1NC(=O)CC1CCCC1. The number of halogens is 1. The molecule has 0 bridgehead atoms. The number of nitrogens with two attached hydrogens (primary N) is 1. The summed E-state index contributed by atoms with van der Waals surface area (Å²) in [6.45, 7) is 0. The standard InChI is InChI=1S/C24H23ClN6O/c25-18-12-16(11-17-13-27-31-20(17)18)22-21(15-8-2-1-3-9-15)29-23(26)24(30-22)28-19(32)10-14-6-4-5-7-14/h1-3,8-9,11-14H,4-7,10H2,(H2,26,29)(H,27,31)(H,28,30,32). The average molecular weight is 447 g/mol. The van der Waals surface area contributed by atoms with Crippen molar-refractivity contribution in [3.8, 4) is 22.5 Å². The van der Waals surface area contributed by atoms with Crippen molar-refractivity contribution in [1.29, 1.82) is 0 Å². The lowest BCUT2D eigenvalue weighted by atomic mass is 10.0. The molecule has 1 aliphatic carbocycles. The number of nitrogens with one attached hydrogen (secondary N) is 2. The Morgan fingerprint density at radius 1 is 1.09 bits per heavy atom. The summed E-state index contributed by atoms with van der Waals surface area (Å²) < 4.78 is 0. The number of carbonyl (C=O) groups is 1. The van der Waals surface area contributed by atoms with E-state index >= 15 is 0 Å². The average Bonchev–Trinajstić information content (AvgIpc) is 3.47. The van der Waals surface area contributed by atoms with E-state index in [0.29, 0.717) is 28.7 Å². The van der Waals surface area contributed by atoms with E-state index in [1.165, 1.54) is 12.8 Å². The number of H-pyrrole nitrogens is 1. The second-order valence-electron chi connectivity index (χ2n) is 8.22. The van der Waals surface area contributed by atoms with Crippen LogP contribution in [0.5, 0.6) is 0 Å². The van der Waals surface area contributed by atoms with Crippen LogP contribution < -0.4 is 11.1 Å². The van der Waals surface area contributed by atoms with Crippen LogP contribution in [0.1, 0.15) is 32.1 Å². The lowest BCUT2D eigenvalue weighted by molar-refractivity contribution is -0.117. The molecule has 1 saturated carbocycles. The van der Waals surface area contributed by atoms with Gasteiger partial charge in [0.15, 0.2) is 11.6 Å². The highest BCUT2D eigenvalue weighted by Gasteiger charge is 2.21. The molecule has 2 aromatic carbocycles. The topological polar surface area (TPSA) is 110 Å². The number of nitrogen functional groups attached to an aromatic ring is 1. The Hall–Kier alpha value is -3.45. The molecule has 7 nitrogen and oxygen atoms in total. The molecule has 5 rings (SSSR count). The third kappa shape index (κ3) is 4.03. The molecule has 4 N–H and O–H groups in total. The Morgan fingerprint density at radius 2 is 1.84 bits per heavy atom. The van der Waals surface area contributed by atoms with E-state index in [1.807, 2.05) is 42.5 Å². The van der Waals surface area contributed by atoms with Crippen LogP contribution >= 0.6 is 11.6 Å². The first-order valence-electron chi connectivity index (χ1n) is 10.7. The van der Waals surface area contributed by atoms with Crippen molar-refractivity contribution in [2.75, 3.05) is 11.1 Å². The van der Waals surface area contributed by atoms with Crippen molar-refractivity contribution in [3.05, 3.63) is 53.7 Å². The molecule has 2 aromatic heterocycles. The predicted molar refractivity (Wildman–Crippen MR) is 127 cm³/mol. The zero-order valence-corrected chi connectivity index (χ0v) is 18.2. The second kappa shape index (κ2) is 8.59. The number of benzene rings is 2. The van der Waals surface area contributed by atoms with Crippen molar-refractivity contribution in [2.24, 2.45) is 5.92 Å². The Balaban J connectivity index is 1.58. The molecular formula is C24H23ClN6O. The molecule has 32 heavy (non-hydrogen) atoms. The Morgan fingerprint density at radius 3 is 2.62 bits per heavy atom. The molecule has 8 heteroatoms. The minimum atomic E-state index is -0.0837. The van der Waals surface area contributed by atoms with Gasteiger partial charge in [-0.15, -0.1) is 0 Å². The third-order valence-electron chi connectivity index (χ3n) is 5.95. The van der Waals surface area contributed by atoms with Crippen molar-refractivity contribution in [2.45, 2.75) is 32.1 Å². The number of anilines is 2. The maximum atomic E-state index is 12.6. The van der Waals surface area contributed by atoms with Crippen LogP contribution in [-0.4, -0.2) is 26.1 Å². The zero-order chi connectivity index (χ0) is 22.1. The van der Waals surface area contributed by atoms with Crippen LogP contribution in [0.4, 0.5) is 11.6 Å². The number of nitrogens with zero attached hydrogens (tertiary/aromatic N) is 3. The summed E-state index contributed by atoms with van der Waals surface area (Å²) in [7, 11) is 0. The number of hydrogen-bond acceptors (Lipinski definition) is 5. The van der Waals surface area contributed by atoms with Crippen molar-refractivity contribution in [1.82, 2.24) is 20.2 Å². The summed E-state index contributed by atoms with van der Waals surface area (Å²) in [4.78, 5) is 22.0. The van der Waals surface area contributed by atoms with Gasteiger partial charge in [0, 0.05) is 22.9 Å². The number of aromatic amines is 1. The maximum Gasteiger partial charge on any atom is 0.225 e. The van der Waals surface area contributed by atoms with Gasteiger partial charge in [0.25, 0.3) is 0 Å². The van der Waals surface area contributed by atoms with E-state index in [-0.39, 0.29) is 17.5 Å². The molecule has 4 aromatic rings. The van der Waals surface area contributed by atoms with Gasteiger partial charge in [0.1, 0.15) is 0 Å². The van der Waals surface area contributed by atoms with Crippen LogP contribution in [0.25, 0.3) is 33.4 Å². The number of fused-ring (bicyclic) bond motifs is 1. The molecule has 0 aliphatic heterocycles. The molecule has 0 atom stereocenters. The number of hydrogen-bond donors (Lipinski definition) is 3. The molecular weight excluding hydrogens is 424 g/mol. The van der Waals surface area contributed by atoms with E-state index in [9.17, 15) is 4.79 Å². The summed E-state index contributed by atoms with van der Waals surface area (Å²) in [5.74, 6) is 0.795. The van der Waals surface area contributed by atoms with Crippen molar-refractivity contribution in [3.63, 3.8) is 0 Å². The number of aromatic nitrogens is 4. The molecule has 1 amide bonds. The second-order valence-corrected chi connectivity index (χ2v) is 8.62. The first-order chi connectivity index (χ1) is 15.6. The summed E-state index contributed by atoms with van der Waals surface area (Å²) >= 11 is 6.49. The number of carbonyl (C=O) groups excluding carboxylic acids is 1. The van der Waals surface area contributed by atoms with Gasteiger partial charge >= 0.3 is 0 Å². The smallest absolute Gasteiger partial charge is 0.225 e. The minimum absolute atomic E-state index is 0.0837. The van der Waals surface area contributed by atoms with E-state index in [4.69, 9.17) is 22.3 Å². The molecule has 0 spiro atoms. The van der Waals surface area contributed by atoms with Crippen molar-refractivity contribution < 1.29 is 4.79 Å². The summed E-state index contributed by atoms with van der Waals surface area (Å²) in [6.07, 6.45) is 6.75. The number of amides is 1. The number of rotatable bonds is 5. The van der Waals surface area contributed by atoms with Gasteiger partial charge < -0.3 is 11.1 Å². The predicted octanol–water partition coefficient (Wildman–Crippen LogP) is 5.44. The lowest BCUT2D eigenvalue weighted by Crippen LogP contribution is -2.18. The first kappa shape index (κ1) is 20.5. The molecule has 0 radical (unpaired) electrons. The van der Waals surface area contributed by atoms with Gasteiger partial charge in [0.05, 0.1) is 28.1 Å². The van der Waals surface area contributed by atoms with Gasteiger partial charge in [-0.3, -0.25) is 9.89 Å². The fraction of sp³-hybridized carbons (Fsp3) is 0.250. The largest absolute Gasteiger partial charge is 0.381 e. The summed E-state index contributed by atoms with van der Waals surface area (Å²) in [5, 5.41) is 11.2. The molecule has 2 heterocycles. The fourth-order valence-corrected chi connectivity index (χ4v) is 4.62. The minimum Gasteiger partial charge on any atom is -0.381 e. The highest BCUT2D eigenvalue weighted by molar-refractivity contribution is 6.35. The van der Waals surface area contributed by atoms with Gasteiger partial charge in [-0.2, -0.15) is 5.10 Å². The summed E-state index contributed by atoms with van der Waals surface area (Å²) in [5.41, 5.74) is 9.84. The third-order valence-corrected chi connectivity index (χ3v) is 6.25. The van der Waals surface area contributed by atoms with Crippen LogP contribution in [0.3, 0.4) is 0 Å².